The van der Waals surface area contributed by atoms with E-state index in [1.807, 2.05) is 0 Å². The average molecular weight is 340 g/mol. The lowest BCUT2D eigenvalue weighted by Crippen LogP contribution is -2.35. The summed E-state index contributed by atoms with van der Waals surface area (Å²) in [5.41, 5.74) is 0. The van der Waals surface area contributed by atoms with Crippen molar-refractivity contribution in [1.82, 2.24) is 0 Å². The molecular formula is C16H20O8. The fourth-order valence-corrected chi connectivity index (χ4v) is 3.40. The van der Waals surface area contributed by atoms with E-state index >= 15 is 0 Å². The molecule has 0 aromatic heterocycles. The lowest BCUT2D eigenvalue weighted by molar-refractivity contribution is -0.178. The van der Waals surface area contributed by atoms with E-state index in [0.717, 1.165) is 12.8 Å². The van der Waals surface area contributed by atoms with Crippen LogP contribution in [0.5, 0.6) is 0 Å². The molecule has 1 heterocycles. The average Bonchev–Trinajstić information content (AvgIpc) is 3.08. The van der Waals surface area contributed by atoms with E-state index in [9.17, 15) is 19.2 Å². The van der Waals surface area contributed by atoms with Crippen molar-refractivity contribution in [3.63, 3.8) is 0 Å². The van der Waals surface area contributed by atoms with Gasteiger partial charge in [-0.2, -0.15) is 0 Å². The molecule has 0 amide bonds. The van der Waals surface area contributed by atoms with Gasteiger partial charge in [0.05, 0.1) is 0 Å². The number of fused-ring (bicyclic) bond motifs is 2. The van der Waals surface area contributed by atoms with Crippen molar-refractivity contribution in [1.29, 1.82) is 0 Å². The second-order valence-electron chi connectivity index (χ2n) is 6.33. The molecule has 0 radical (unpaired) electrons. The molecule has 0 aromatic carbocycles. The first-order valence-electron chi connectivity index (χ1n) is 8.29. The molecule has 3 rings (SSSR count). The number of rotatable bonds is 0. The molecule has 24 heavy (non-hydrogen) atoms. The summed E-state index contributed by atoms with van der Waals surface area (Å²) in [6, 6.07) is 0. The predicted octanol–water partition coefficient (Wildman–Crippen LogP) is 0.795. The van der Waals surface area contributed by atoms with Crippen molar-refractivity contribution in [2.75, 3.05) is 0 Å². The van der Waals surface area contributed by atoms with Gasteiger partial charge in [0.2, 0.25) is 0 Å². The number of esters is 4. The number of ether oxygens (including phenoxy) is 4. The Kier molecular flexibility index (Phi) is 5.01. The molecule has 4 atom stereocenters. The summed E-state index contributed by atoms with van der Waals surface area (Å²) < 4.78 is 21.0. The highest BCUT2D eigenvalue weighted by Crippen LogP contribution is 2.28. The van der Waals surface area contributed by atoms with E-state index in [2.05, 4.69) is 0 Å². The lowest BCUT2D eigenvalue weighted by atomic mass is 10.2. The Hall–Kier alpha value is -2.12. The summed E-state index contributed by atoms with van der Waals surface area (Å²) in [5, 5.41) is 0. The highest BCUT2D eigenvalue weighted by molar-refractivity contribution is 5.92. The quantitative estimate of drug-likeness (QED) is 0.362. The Morgan fingerprint density at radius 2 is 0.750 bits per heavy atom. The van der Waals surface area contributed by atoms with Gasteiger partial charge in [0, 0.05) is 0 Å². The maximum Gasteiger partial charge on any atom is 0.317 e. The van der Waals surface area contributed by atoms with E-state index in [1.54, 1.807) is 0 Å². The second-order valence-corrected chi connectivity index (χ2v) is 6.33. The monoisotopic (exact) mass is 340 g/mol. The van der Waals surface area contributed by atoms with Gasteiger partial charge in [0.25, 0.3) is 0 Å². The van der Waals surface area contributed by atoms with Gasteiger partial charge in [0.1, 0.15) is 37.3 Å². The molecule has 0 spiro atoms. The second kappa shape index (κ2) is 7.19. The van der Waals surface area contributed by atoms with Crippen LogP contribution in [0.2, 0.25) is 0 Å². The zero-order valence-corrected chi connectivity index (χ0v) is 13.2. The van der Waals surface area contributed by atoms with Crippen LogP contribution in [0.4, 0.5) is 0 Å². The maximum absolute atomic E-state index is 11.9. The topological polar surface area (TPSA) is 105 Å². The molecule has 3 fully saturated rings. The zero-order valence-electron chi connectivity index (χ0n) is 13.2. The normalized spacial score (nSPS) is 35.0. The molecule has 1 aliphatic heterocycles. The third kappa shape index (κ3) is 4.04. The van der Waals surface area contributed by atoms with Gasteiger partial charge < -0.3 is 18.9 Å². The fourth-order valence-electron chi connectivity index (χ4n) is 3.40. The molecule has 3 aliphatic rings. The largest absolute Gasteiger partial charge is 0.458 e. The summed E-state index contributed by atoms with van der Waals surface area (Å²) in [5.74, 6) is -2.79. The standard InChI is InChI=1S/C16H20O8/c17-13-7-15(19)23-11-5-2-6-12(11)24-16(20)8-14(18)22-10-4-1-3-9(10)21-13/h9-12H,1-8H2/t9-,10-,11+,12+. The van der Waals surface area contributed by atoms with Crippen LogP contribution in [0.3, 0.4) is 0 Å². The van der Waals surface area contributed by atoms with Crippen molar-refractivity contribution >= 4 is 23.9 Å². The zero-order chi connectivity index (χ0) is 17.1. The van der Waals surface area contributed by atoms with E-state index in [-0.39, 0.29) is 0 Å². The highest BCUT2D eigenvalue weighted by Gasteiger charge is 2.37. The van der Waals surface area contributed by atoms with Crippen LogP contribution >= 0.6 is 0 Å². The molecule has 0 bridgehead atoms. The minimum atomic E-state index is -0.698. The third-order valence-corrected chi connectivity index (χ3v) is 4.49. The van der Waals surface area contributed by atoms with Gasteiger partial charge in [0.15, 0.2) is 0 Å². The third-order valence-electron chi connectivity index (χ3n) is 4.49. The van der Waals surface area contributed by atoms with Crippen LogP contribution in [0, 0.1) is 0 Å². The van der Waals surface area contributed by atoms with Crippen molar-refractivity contribution < 1.29 is 38.1 Å². The van der Waals surface area contributed by atoms with Crippen LogP contribution < -0.4 is 0 Å². The summed E-state index contributed by atoms with van der Waals surface area (Å²) in [6.07, 6.45) is 0.288. The summed E-state index contributed by atoms with van der Waals surface area (Å²) in [4.78, 5) is 47.5. The lowest BCUT2D eigenvalue weighted by Gasteiger charge is -2.23. The first-order chi connectivity index (χ1) is 11.5. The van der Waals surface area contributed by atoms with E-state index in [1.165, 1.54) is 0 Å². The Bertz CT molecular complexity index is 450. The first kappa shape index (κ1) is 16.7. The Morgan fingerprint density at radius 3 is 1.00 bits per heavy atom. The molecule has 0 unspecified atom stereocenters. The highest BCUT2D eigenvalue weighted by atomic mass is 16.6. The van der Waals surface area contributed by atoms with Crippen LogP contribution in [-0.2, 0) is 38.1 Å². The molecule has 0 aromatic rings. The van der Waals surface area contributed by atoms with Crippen molar-refractivity contribution in [2.24, 2.45) is 0 Å². The molecule has 8 nitrogen and oxygen atoms in total. The Labute approximate surface area is 138 Å². The van der Waals surface area contributed by atoms with E-state index < -0.39 is 61.1 Å². The fraction of sp³-hybridized carbons (Fsp3) is 0.750. The molecular weight excluding hydrogens is 320 g/mol. The molecule has 2 saturated carbocycles. The summed E-state index contributed by atoms with van der Waals surface area (Å²) >= 11 is 0. The SMILES string of the molecule is O=C1CC(=O)O[C@@H]2CCC[C@H]2OC(=O)CC(=O)O[C@H]2CCC[C@@H]2O1. The molecule has 132 valence electrons. The van der Waals surface area contributed by atoms with Gasteiger partial charge in [-0.05, 0) is 38.5 Å². The van der Waals surface area contributed by atoms with Crippen LogP contribution in [0.15, 0.2) is 0 Å². The smallest absolute Gasteiger partial charge is 0.317 e. The number of hydrogen-bond donors (Lipinski definition) is 0. The van der Waals surface area contributed by atoms with Crippen molar-refractivity contribution in [3.05, 3.63) is 0 Å². The first-order valence-corrected chi connectivity index (χ1v) is 8.29. The maximum atomic E-state index is 11.9. The van der Waals surface area contributed by atoms with Gasteiger partial charge in [-0.15, -0.1) is 0 Å². The van der Waals surface area contributed by atoms with Gasteiger partial charge in [-0.1, -0.05) is 0 Å². The Balaban J connectivity index is 1.72. The minimum Gasteiger partial charge on any atom is -0.458 e. The molecule has 2 aliphatic carbocycles. The van der Waals surface area contributed by atoms with Crippen LogP contribution in [0.1, 0.15) is 51.4 Å². The van der Waals surface area contributed by atoms with Crippen molar-refractivity contribution in [2.45, 2.75) is 75.8 Å². The number of carbonyl (C=O) groups excluding carboxylic acids is 4. The molecule has 0 N–H and O–H groups in total. The number of carbonyl (C=O) groups is 4. The molecule has 8 heteroatoms. The summed E-state index contributed by atoms with van der Waals surface area (Å²) in [7, 11) is 0. The summed E-state index contributed by atoms with van der Waals surface area (Å²) in [6.45, 7) is 0. The van der Waals surface area contributed by atoms with E-state index in [4.69, 9.17) is 18.9 Å². The minimum absolute atomic E-state index is 0.506. The molecule has 1 saturated heterocycles. The van der Waals surface area contributed by atoms with Crippen molar-refractivity contribution in [3.8, 4) is 0 Å². The number of hydrogen-bond acceptors (Lipinski definition) is 8. The van der Waals surface area contributed by atoms with Crippen LogP contribution in [0.25, 0.3) is 0 Å². The Morgan fingerprint density at radius 1 is 0.500 bits per heavy atom. The van der Waals surface area contributed by atoms with Gasteiger partial charge in [-0.25, -0.2) is 0 Å². The predicted molar refractivity (Wildman–Crippen MR) is 76.5 cm³/mol. The van der Waals surface area contributed by atoms with Crippen LogP contribution in [-0.4, -0.2) is 48.3 Å². The van der Waals surface area contributed by atoms with Gasteiger partial charge >= 0.3 is 23.9 Å². The van der Waals surface area contributed by atoms with E-state index in [0.29, 0.717) is 25.7 Å². The van der Waals surface area contributed by atoms with Gasteiger partial charge in [-0.3, -0.25) is 19.2 Å².